The standard InChI is InChI=1S/C18H18O4S2/c1-17(2)19-11-7-5-9-13(15(11)21-17)23-24-14-10-6-8-12-16(14)22-18(3,4)20-12/h5-10H,1-4H3. The lowest BCUT2D eigenvalue weighted by Crippen LogP contribution is -2.29. The zero-order chi connectivity index (χ0) is 16.9. The van der Waals surface area contributed by atoms with Crippen molar-refractivity contribution in [2.75, 3.05) is 0 Å². The van der Waals surface area contributed by atoms with Gasteiger partial charge in [-0.25, -0.2) is 0 Å². The van der Waals surface area contributed by atoms with Gasteiger partial charge in [0.2, 0.25) is 11.6 Å². The molecule has 6 heteroatoms. The van der Waals surface area contributed by atoms with Gasteiger partial charge in [-0.1, -0.05) is 12.1 Å². The van der Waals surface area contributed by atoms with E-state index in [-0.39, 0.29) is 0 Å². The monoisotopic (exact) mass is 362 g/mol. The minimum atomic E-state index is -0.626. The largest absolute Gasteiger partial charge is 0.449 e. The van der Waals surface area contributed by atoms with Crippen LogP contribution in [0.3, 0.4) is 0 Å². The molecule has 0 atom stereocenters. The third-order valence-corrected chi connectivity index (χ3v) is 5.93. The zero-order valence-corrected chi connectivity index (χ0v) is 15.5. The van der Waals surface area contributed by atoms with Gasteiger partial charge in [0.25, 0.3) is 0 Å². The molecule has 2 aromatic carbocycles. The van der Waals surface area contributed by atoms with E-state index in [2.05, 4.69) is 0 Å². The molecule has 2 aliphatic heterocycles. The molecule has 0 spiro atoms. The highest BCUT2D eigenvalue weighted by Gasteiger charge is 2.35. The van der Waals surface area contributed by atoms with Gasteiger partial charge < -0.3 is 18.9 Å². The van der Waals surface area contributed by atoms with Crippen LogP contribution in [-0.2, 0) is 0 Å². The summed E-state index contributed by atoms with van der Waals surface area (Å²) < 4.78 is 23.5. The molecule has 0 saturated heterocycles. The van der Waals surface area contributed by atoms with Crippen LogP contribution in [0.2, 0.25) is 0 Å². The van der Waals surface area contributed by atoms with Crippen LogP contribution in [0.1, 0.15) is 27.7 Å². The van der Waals surface area contributed by atoms with Gasteiger partial charge in [-0.15, -0.1) is 0 Å². The van der Waals surface area contributed by atoms with Gasteiger partial charge in [0.1, 0.15) is 0 Å². The summed E-state index contributed by atoms with van der Waals surface area (Å²) in [7, 11) is 3.24. The molecule has 4 rings (SSSR count). The number of fused-ring (bicyclic) bond motifs is 2. The van der Waals surface area contributed by atoms with Crippen molar-refractivity contribution in [2.24, 2.45) is 0 Å². The van der Waals surface area contributed by atoms with Crippen molar-refractivity contribution in [1.29, 1.82) is 0 Å². The third kappa shape index (κ3) is 2.89. The Morgan fingerprint density at radius 1 is 0.625 bits per heavy atom. The van der Waals surface area contributed by atoms with E-state index >= 15 is 0 Å². The van der Waals surface area contributed by atoms with Crippen LogP contribution in [0.25, 0.3) is 0 Å². The Hall–Kier alpha value is -1.66. The second-order valence-electron chi connectivity index (χ2n) is 6.54. The molecular weight excluding hydrogens is 344 g/mol. The molecule has 0 amide bonds. The minimum absolute atomic E-state index is 0.626. The van der Waals surface area contributed by atoms with Crippen molar-refractivity contribution in [1.82, 2.24) is 0 Å². The van der Waals surface area contributed by atoms with Gasteiger partial charge in [-0.2, -0.15) is 0 Å². The third-order valence-electron chi connectivity index (χ3n) is 3.51. The second kappa shape index (κ2) is 5.43. The van der Waals surface area contributed by atoms with E-state index < -0.39 is 11.6 Å². The number of hydrogen-bond donors (Lipinski definition) is 0. The highest BCUT2D eigenvalue weighted by Crippen LogP contribution is 2.53. The average Bonchev–Trinajstić information content (AvgIpc) is 2.98. The maximum absolute atomic E-state index is 5.93. The zero-order valence-electron chi connectivity index (χ0n) is 13.9. The summed E-state index contributed by atoms with van der Waals surface area (Å²) in [4.78, 5) is 2.05. The topological polar surface area (TPSA) is 36.9 Å². The van der Waals surface area contributed by atoms with Gasteiger partial charge in [-0.3, -0.25) is 0 Å². The Morgan fingerprint density at radius 2 is 1.04 bits per heavy atom. The van der Waals surface area contributed by atoms with Crippen LogP contribution in [0.4, 0.5) is 0 Å². The first-order valence-corrected chi connectivity index (χ1v) is 9.85. The van der Waals surface area contributed by atoms with E-state index in [0.717, 1.165) is 32.8 Å². The molecule has 2 aliphatic rings. The van der Waals surface area contributed by atoms with Gasteiger partial charge >= 0.3 is 0 Å². The number of ether oxygens (including phenoxy) is 4. The van der Waals surface area contributed by atoms with E-state index in [4.69, 9.17) is 18.9 Å². The first kappa shape index (κ1) is 15.8. The SMILES string of the molecule is CC1(C)Oc2cccc(SSc3cccc4c3OC(C)(C)O4)c2O1. The Balaban J connectivity index is 1.57. The fourth-order valence-corrected chi connectivity index (χ4v) is 4.85. The summed E-state index contributed by atoms with van der Waals surface area (Å²) in [5.41, 5.74) is 0. The summed E-state index contributed by atoms with van der Waals surface area (Å²) in [5.74, 6) is 1.90. The number of para-hydroxylation sites is 2. The fourth-order valence-electron chi connectivity index (χ4n) is 2.64. The van der Waals surface area contributed by atoms with Crippen molar-refractivity contribution >= 4 is 21.6 Å². The lowest BCUT2D eigenvalue weighted by molar-refractivity contribution is -0.0447. The quantitative estimate of drug-likeness (QED) is 0.671. The van der Waals surface area contributed by atoms with Crippen molar-refractivity contribution in [3.05, 3.63) is 36.4 Å². The summed E-state index contributed by atoms with van der Waals surface area (Å²) in [6.07, 6.45) is 0. The fraction of sp³-hybridized carbons (Fsp3) is 0.333. The Morgan fingerprint density at radius 3 is 1.46 bits per heavy atom. The van der Waals surface area contributed by atoms with Crippen LogP contribution in [-0.4, -0.2) is 11.6 Å². The van der Waals surface area contributed by atoms with Crippen molar-refractivity contribution in [3.63, 3.8) is 0 Å². The molecule has 0 fully saturated rings. The van der Waals surface area contributed by atoms with Crippen molar-refractivity contribution in [2.45, 2.75) is 49.1 Å². The molecule has 24 heavy (non-hydrogen) atoms. The Labute approximate surface area is 149 Å². The van der Waals surface area contributed by atoms with Crippen LogP contribution in [0.5, 0.6) is 23.0 Å². The van der Waals surface area contributed by atoms with Crippen LogP contribution >= 0.6 is 21.6 Å². The Kier molecular flexibility index (Phi) is 3.58. The Bertz CT molecular complexity index is 734. The van der Waals surface area contributed by atoms with Gasteiger partial charge in [0.05, 0.1) is 9.79 Å². The lowest BCUT2D eigenvalue weighted by atomic mass is 10.3. The van der Waals surface area contributed by atoms with E-state index in [1.54, 1.807) is 21.6 Å². The average molecular weight is 362 g/mol. The smallest absolute Gasteiger partial charge is 0.246 e. The predicted molar refractivity (Wildman–Crippen MR) is 95.3 cm³/mol. The van der Waals surface area contributed by atoms with Crippen molar-refractivity contribution < 1.29 is 18.9 Å². The first-order chi connectivity index (χ1) is 11.3. The van der Waals surface area contributed by atoms with E-state index in [1.165, 1.54) is 0 Å². The summed E-state index contributed by atoms with van der Waals surface area (Å²) >= 11 is 0. The highest BCUT2D eigenvalue weighted by atomic mass is 33.1. The molecule has 126 valence electrons. The summed E-state index contributed by atoms with van der Waals surface area (Å²) in [6.45, 7) is 7.63. The molecule has 0 bridgehead atoms. The number of benzene rings is 2. The summed E-state index contributed by atoms with van der Waals surface area (Å²) in [6, 6.07) is 11.9. The molecule has 0 saturated carbocycles. The van der Waals surface area contributed by atoms with Crippen LogP contribution < -0.4 is 18.9 Å². The molecule has 0 aliphatic carbocycles. The van der Waals surface area contributed by atoms with Crippen molar-refractivity contribution in [3.8, 4) is 23.0 Å². The van der Waals surface area contributed by atoms with Gasteiger partial charge in [0, 0.05) is 27.7 Å². The molecule has 2 aromatic rings. The maximum Gasteiger partial charge on any atom is 0.246 e. The molecule has 0 radical (unpaired) electrons. The molecule has 4 nitrogen and oxygen atoms in total. The predicted octanol–water partition coefficient (Wildman–Crippen LogP) is 5.50. The minimum Gasteiger partial charge on any atom is -0.449 e. The highest BCUT2D eigenvalue weighted by molar-refractivity contribution is 8.76. The molecular formula is C18H18O4S2. The lowest BCUT2D eigenvalue weighted by Gasteiger charge is -2.17. The van der Waals surface area contributed by atoms with Gasteiger partial charge in [-0.05, 0) is 45.9 Å². The molecule has 0 N–H and O–H groups in total. The second-order valence-corrected chi connectivity index (χ2v) is 8.75. The number of hydrogen-bond acceptors (Lipinski definition) is 6. The summed E-state index contributed by atoms with van der Waals surface area (Å²) in [5, 5.41) is 0. The maximum atomic E-state index is 5.93. The molecule has 0 aromatic heterocycles. The van der Waals surface area contributed by atoms with E-state index in [1.807, 2.05) is 64.1 Å². The molecule has 0 unspecified atom stereocenters. The van der Waals surface area contributed by atoms with E-state index in [0.29, 0.717) is 0 Å². The van der Waals surface area contributed by atoms with Crippen LogP contribution in [0.15, 0.2) is 46.2 Å². The normalized spacial score (nSPS) is 18.7. The molecule has 2 heterocycles. The first-order valence-electron chi connectivity index (χ1n) is 7.70. The van der Waals surface area contributed by atoms with Gasteiger partial charge in [0.15, 0.2) is 23.0 Å². The van der Waals surface area contributed by atoms with E-state index in [9.17, 15) is 0 Å². The van der Waals surface area contributed by atoms with Crippen LogP contribution in [0, 0.1) is 0 Å². The number of rotatable bonds is 3.